The minimum absolute atomic E-state index is 0.0234. The Kier molecular flexibility index (Phi) is 9.00. The summed E-state index contributed by atoms with van der Waals surface area (Å²) in [5, 5.41) is 29.6. The second kappa shape index (κ2) is 13.5. The summed E-state index contributed by atoms with van der Waals surface area (Å²) in [6.45, 7) is 0.0487. The topological polar surface area (TPSA) is 219 Å². The lowest BCUT2D eigenvalue weighted by atomic mass is 9.93. The molecule has 50 heavy (non-hydrogen) atoms. The van der Waals surface area contributed by atoms with Crippen molar-refractivity contribution in [1.82, 2.24) is 20.4 Å². The number of nitrogens with one attached hydrogen (secondary N) is 2. The molecule has 0 atom stereocenters. The first-order valence-corrected chi connectivity index (χ1v) is 15.6. The number of amides is 6. The quantitative estimate of drug-likeness (QED) is 0.0906. The van der Waals surface area contributed by atoms with Crippen LogP contribution in [0.5, 0.6) is 0 Å². The molecule has 2 aliphatic rings. The minimum Gasteiger partial charge on any atom is -0.356 e. The molecule has 0 radical (unpaired) electrons. The number of imide groups is 2. The second-order valence-electron chi connectivity index (χ2n) is 11.7. The van der Waals surface area contributed by atoms with Gasteiger partial charge in [0, 0.05) is 85.2 Å². The molecule has 16 nitrogen and oxygen atoms in total. The normalized spacial score (nSPS) is 13.6. The highest BCUT2D eigenvalue weighted by Gasteiger charge is 2.36. The standard InChI is InChI=1S/C34H28N6O10/c41-27(9-13-37-31(43)23-7-3-5-19-15-21(39(47)48)17-25(29(19)23)33(37)45)35-11-1-2-12-36-28(42)10-14-38-32(44)24-8-4-6-20-16-22(40(49)50)18-26(30(20)24)34(38)46/h3-8,15-18H,1-2,9-14H2,(H,35,41)(H,36,42). The van der Waals surface area contributed by atoms with E-state index in [2.05, 4.69) is 10.6 Å². The third-order valence-electron chi connectivity index (χ3n) is 8.62. The molecule has 0 unspecified atom stereocenters. The van der Waals surface area contributed by atoms with Crippen LogP contribution in [0.3, 0.4) is 0 Å². The van der Waals surface area contributed by atoms with Gasteiger partial charge in [-0.2, -0.15) is 0 Å². The Morgan fingerprint density at radius 1 is 0.580 bits per heavy atom. The van der Waals surface area contributed by atoms with Gasteiger partial charge in [-0.25, -0.2) is 0 Å². The number of rotatable bonds is 13. The molecular weight excluding hydrogens is 652 g/mol. The van der Waals surface area contributed by atoms with Gasteiger partial charge in [0.2, 0.25) is 11.8 Å². The van der Waals surface area contributed by atoms with E-state index < -0.39 is 45.3 Å². The lowest BCUT2D eigenvalue weighted by molar-refractivity contribution is -0.384. The van der Waals surface area contributed by atoms with Gasteiger partial charge in [0.15, 0.2) is 0 Å². The Morgan fingerprint density at radius 3 is 1.34 bits per heavy atom. The van der Waals surface area contributed by atoms with Crippen LogP contribution < -0.4 is 10.6 Å². The van der Waals surface area contributed by atoms with Gasteiger partial charge < -0.3 is 10.6 Å². The highest BCUT2D eigenvalue weighted by Crippen LogP contribution is 2.35. The number of nitrogens with zero attached hydrogens (tertiary/aromatic N) is 4. The van der Waals surface area contributed by atoms with Crippen molar-refractivity contribution in [2.75, 3.05) is 26.2 Å². The van der Waals surface area contributed by atoms with Crippen LogP contribution in [-0.2, 0) is 9.59 Å². The highest BCUT2D eigenvalue weighted by atomic mass is 16.6. The van der Waals surface area contributed by atoms with E-state index in [4.69, 9.17) is 0 Å². The number of non-ortho nitro benzene ring substituents is 2. The number of benzene rings is 4. The van der Waals surface area contributed by atoms with Gasteiger partial charge in [-0.05, 0) is 35.7 Å². The van der Waals surface area contributed by atoms with Crippen molar-refractivity contribution in [2.24, 2.45) is 0 Å². The van der Waals surface area contributed by atoms with E-state index in [1.165, 1.54) is 24.3 Å². The molecule has 0 aliphatic carbocycles. The molecule has 254 valence electrons. The zero-order chi connectivity index (χ0) is 35.7. The van der Waals surface area contributed by atoms with Crippen LogP contribution in [0.4, 0.5) is 11.4 Å². The maximum absolute atomic E-state index is 13.1. The van der Waals surface area contributed by atoms with Crippen LogP contribution in [0.1, 0.15) is 67.1 Å². The minimum atomic E-state index is -0.717. The Balaban J connectivity index is 0.931. The average Bonchev–Trinajstić information content (AvgIpc) is 3.10. The van der Waals surface area contributed by atoms with Crippen molar-refractivity contribution in [1.29, 1.82) is 0 Å². The van der Waals surface area contributed by atoms with Crippen LogP contribution in [0.2, 0.25) is 0 Å². The van der Waals surface area contributed by atoms with Crippen molar-refractivity contribution in [3.63, 3.8) is 0 Å². The van der Waals surface area contributed by atoms with Gasteiger partial charge >= 0.3 is 0 Å². The fraction of sp³-hybridized carbons (Fsp3) is 0.235. The summed E-state index contributed by atoms with van der Waals surface area (Å²) in [6, 6.07) is 14.2. The van der Waals surface area contributed by atoms with Crippen LogP contribution >= 0.6 is 0 Å². The molecule has 0 saturated carbocycles. The molecule has 4 aromatic carbocycles. The smallest absolute Gasteiger partial charge is 0.270 e. The number of hydrogen-bond acceptors (Lipinski definition) is 10. The van der Waals surface area contributed by atoms with E-state index in [1.807, 2.05) is 0 Å². The fourth-order valence-electron chi connectivity index (χ4n) is 6.21. The molecule has 16 heteroatoms. The maximum Gasteiger partial charge on any atom is 0.270 e. The van der Waals surface area contributed by atoms with Crippen molar-refractivity contribution in [3.05, 3.63) is 103 Å². The Labute approximate surface area is 282 Å². The molecule has 0 bridgehead atoms. The van der Waals surface area contributed by atoms with Crippen molar-refractivity contribution < 1.29 is 38.6 Å². The van der Waals surface area contributed by atoms with E-state index >= 15 is 0 Å². The van der Waals surface area contributed by atoms with Gasteiger partial charge in [0.25, 0.3) is 35.0 Å². The first kappa shape index (κ1) is 33.3. The summed E-state index contributed by atoms with van der Waals surface area (Å²) < 4.78 is 0. The summed E-state index contributed by atoms with van der Waals surface area (Å²) in [5.41, 5.74) is -0.0819. The van der Waals surface area contributed by atoms with Gasteiger partial charge in [0.05, 0.1) is 21.0 Å². The molecule has 4 aromatic rings. The SMILES string of the molecule is O=C(CCN1C(=O)c2cccc3cc([N+](=O)[O-])cc(c23)C1=O)NCCCCNC(=O)CCN1C(=O)c2cccc3cc([N+](=O)[O-])cc(c23)C1=O. The predicted molar refractivity (Wildman–Crippen MR) is 176 cm³/mol. The Morgan fingerprint density at radius 2 is 0.960 bits per heavy atom. The van der Waals surface area contributed by atoms with Crippen LogP contribution in [0.15, 0.2) is 60.7 Å². The summed E-state index contributed by atoms with van der Waals surface area (Å²) in [6.07, 6.45) is 0.591. The molecule has 0 fully saturated rings. The molecule has 6 amide bonds. The number of nitro benzene ring substituents is 2. The largest absolute Gasteiger partial charge is 0.356 e. The van der Waals surface area contributed by atoms with E-state index in [9.17, 15) is 49.0 Å². The monoisotopic (exact) mass is 680 g/mol. The number of carbonyl (C=O) groups excluding carboxylic acids is 6. The lowest BCUT2D eigenvalue weighted by Gasteiger charge is -2.27. The van der Waals surface area contributed by atoms with E-state index in [1.54, 1.807) is 24.3 Å². The summed E-state index contributed by atoms with van der Waals surface area (Å²) in [7, 11) is 0. The Hall–Kier alpha value is -6.58. The van der Waals surface area contributed by atoms with E-state index in [-0.39, 0.29) is 72.6 Å². The first-order valence-electron chi connectivity index (χ1n) is 15.6. The third kappa shape index (κ3) is 6.21. The van der Waals surface area contributed by atoms with E-state index in [0.717, 1.165) is 21.9 Å². The molecule has 2 heterocycles. The Bertz CT molecular complexity index is 2030. The average molecular weight is 681 g/mol. The lowest BCUT2D eigenvalue weighted by Crippen LogP contribution is -2.42. The van der Waals surface area contributed by atoms with Crippen molar-refractivity contribution in [3.8, 4) is 0 Å². The zero-order valence-electron chi connectivity index (χ0n) is 26.3. The fourth-order valence-corrected chi connectivity index (χ4v) is 6.21. The zero-order valence-corrected chi connectivity index (χ0v) is 26.3. The van der Waals surface area contributed by atoms with Gasteiger partial charge in [-0.15, -0.1) is 0 Å². The van der Waals surface area contributed by atoms with Crippen LogP contribution in [-0.4, -0.2) is 81.3 Å². The highest BCUT2D eigenvalue weighted by molar-refractivity contribution is 6.27. The van der Waals surface area contributed by atoms with Crippen LogP contribution in [0, 0.1) is 20.2 Å². The molecule has 0 aromatic heterocycles. The number of unbranched alkanes of at least 4 members (excludes halogenated alkanes) is 1. The van der Waals surface area contributed by atoms with Crippen molar-refractivity contribution >= 4 is 68.4 Å². The first-order chi connectivity index (χ1) is 24.0. The maximum atomic E-state index is 13.1. The number of hydrogen-bond donors (Lipinski definition) is 2. The molecule has 0 spiro atoms. The van der Waals surface area contributed by atoms with Gasteiger partial charge in [-0.1, -0.05) is 24.3 Å². The molecule has 6 rings (SSSR count). The second-order valence-corrected chi connectivity index (χ2v) is 11.7. The number of carbonyl (C=O) groups is 6. The molecule has 0 saturated heterocycles. The molecular formula is C34H28N6O10. The number of nitro groups is 2. The predicted octanol–water partition coefficient (Wildman–Crippen LogP) is 3.49. The summed E-state index contributed by atoms with van der Waals surface area (Å²) >= 11 is 0. The summed E-state index contributed by atoms with van der Waals surface area (Å²) in [5.74, 6) is -3.46. The molecule has 2 aliphatic heterocycles. The van der Waals surface area contributed by atoms with Crippen molar-refractivity contribution in [2.45, 2.75) is 25.7 Å². The summed E-state index contributed by atoms with van der Waals surface area (Å²) in [4.78, 5) is 101. The molecule has 2 N–H and O–H groups in total. The van der Waals surface area contributed by atoms with E-state index in [0.29, 0.717) is 34.4 Å². The third-order valence-corrected chi connectivity index (χ3v) is 8.62. The van der Waals surface area contributed by atoms with Crippen LogP contribution in [0.25, 0.3) is 21.5 Å². The van der Waals surface area contributed by atoms with Gasteiger partial charge in [-0.3, -0.25) is 58.8 Å². The van der Waals surface area contributed by atoms with Gasteiger partial charge in [0.1, 0.15) is 0 Å².